The van der Waals surface area contributed by atoms with Crippen molar-refractivity contribution in [3.63, 3.8) is 0 Å². The van der Waals surface area contributed by atoms with Crippen LogP contribution in [0.1, 0.15) is 23.2 Å². The van der Waals surface area contributed by atoms with E-state index < -0.39 is 0 Å². The predicted octanol–water partition coefficient (Wildman–Crippen LogP) is 1.67. The van der Waals surface area contributed by atoms with Gasteiger partial charge in [0, 0.05) is 12.2 Å². The van der Waals surface area contributed by atoms with Gasteiger partial charge in [-0.3, -0.25) is 4.79 Å². The molecule has 1 saturated heterocycles. The van der Waals surface area contributed by atoms with Gasteiger partial charge in [-0.05, 0) is 61.0 Å². The lowest BCUT2D eigenvalue weighted by molar-refractivity contribution is 0.0916. The predicted molar refractivity (Wildman–Crippen MR) is 69.9 cm³/mol. The van der Waals surface area contributed by atoms with Crippen LogP contribution in [0.15, 0.2) is 22.9 Å². The van der Waals surface area contributed by atoms with E-state index in [0.29, 0.717) is 11.6 Å². The van der Waals surface area contributed by atoms with E-state index in [9.17, 15) is 4.79 Å². The summed E-state index contributed by atoms with van der Waals surface area (Å²) < 4.78 is 0.744. The minimum absolute atomic E-state index is 0.0282. The van der Waals surface area contributed by atoms with E-state index in [1.165, 1.54) is 0 Å². The van der Waals surface area contributed by atoms with Crippen molar-refractivity contribution in [1.82, 2.24) is 15.2 Å². The summed E-state index contributed by atoms with van der Waals surface area (Å²) in [5.74, 6) is -0.0282. The molecule has 5 heteroatoms. The van der Waals surface area contributed by atoms with Gasteiger partial charge in [-0.15, -0.1) is 0 Å². The minimum Gasteiger partial charge on any atom is -0.349 e. The quantitative estimate of drug-likeness (QED) is 0.845. The smallest absolute Gasteiger partial charge is 0.253 e. The van der Waals surface area contributed by atoms with Crippen LogP contribution in [0.5, 0.6) is 0 Å². The summed E-state index contributed by atoms with van der Waals surface area (Å²) in [7, 11) is 2.11. The summed E-state index contributed by atoms with van der Waals surface area (Å²) in [6, 6.07) is 3.85. The van der Waals surface area contributed by atoms with Crippen LogP contribution in [0.4, 0.5) is 0 Å². The van der Waals surface area contributed by atoms with Crippen molar-refractivity contribution in [1.29, 1.82) is 0 Å². The number of hydrogen-bond donors (Lipinski definition) is 1. The zero-order valence-electron chi connectivity index (χ0n) is 9.82. The average Bonchev–Trinajstić information content (AvgIpc) is 2.33. The van der Waals surface area contributed by atoms with Crippen LogP contribution in [0, 0.1) is 0 Å². The molecular formula is C12H16BrN3O. The maximum absolute atomic E-state index is 11.9. The molecule has 0 unspecified atom stereocenters. The SMILES string of the molecule is CN1CCC(NC(=O)c2ccc(Br)nc2)CC1. The molecule has 0 aromatic carbocycles. The first-order chi connectivity index (χ1) is 8.15. The van der Waals surface area contributed by atoms with Crippen molar-refractivity contribution in [2.45, 2.75) is 18.9 Å². The van der Waals surface area contributed by atoms with Crippen molar-refractivity contribution in [2.75, 3.05) is 20.1 Å². The maximum atomic E-state index is 11.9. The molecule has 1 aromatic heterocycles. The molecule has 2 rings (SSSR count). The lowest BCUT2D eigenvalue weighted by atomic mass is 10.1. The molecular weight excluding hydrogens is 282 g/mol. The molecule has 0 spiro atoms. The summed E-state index contributed by atoms with van der Waals surface area (Å²) in [4.78, 5) is 18.3. The van der Waals surface area contributed by atoms with E-state index in [0.717, 1.165) is 30.5 Å². The maximum Gasteiger partial charge on any atom is 0.253 e. The Morgan fingerprint density at radius 1 is 1.47 bits per heavy atom. The Morgan fingerprint density at radius 2 is 2.18 bits per heavy atom. The first-order valence-electron chi connectivity index (χ1n) is 5.76. The van der Waals surface area contributed by atoms with Crippen molar-refractivity contribution < 1.29 is 4.79 Å². The fourth-order valence-electron chi connectivity index (χ4n) is 1.93. The van der Waals surface area contributed by atoms with E-state index >= 15 is 0 Å². The van der Waals surface area contributed by atoms with Gasteiger partial charge in [0.05, 0.1) is 5.56 Å². The van der Waals surface area contributed by atoms with Crippen LogP contribution < -0.4 is 5.32 Å². The normalized spacial score (nSPS) is 18.0. The van der Waals surface area contributed by atoms with Crippen LogP contribution in [0.2, 0.25) is 0 Å². The fraction of sp³-hybridized carbons (Fsp3) is 0.500. The molecule has 0 atom stereocenters. The second-order valence-electron chi connectivity index (χ2n) is 4.42. The number of pyridine rings is 1. The van der Waals surface area contributed by atoms with Gasteiger partial charge in [0.15, 0.2) is 0 Å². The summed E-state index contributed by atoms with van der Waals surface area (Å²) in [5.41, 5.74) is 0.618. The third-order valence-corrected chi connectivity index (χ3v) is 3.51. The number of carbonyl (C=O) groups is 1. The molecule has 0 aliphatic carbocycles. The molecule has 0 radical (unpaired) electrons. The highest BCUT2D eigenvalue weighted by atomic mass is 79.9. The largest absolute Gasteiger partial charge is 0.349 e. The molecule has 1 aliphatic heterocycles. The number of nitrogens with one attached hydrogen (secondary N) is 1. The Morgan fingerprint density at radius 3 is 2.76 bits per heavy atom. The lowest BCUT2D eigenvalue weighted by Crippen LogP contribution is -2.43. The van der Waals surface area contributed by atoms with Gasteiger partial charge >= 0.3 is 0 Å². The molecule has 1 aliphatic rings. The van der Waals surface area contributed by atoms with Crippen LogP contribution in [-0.4, -0.2) is 42.0 Å². The number of hydrogen-bond acceptors (Lipinski definition) is 3. The van der Waals surface area contributed by atoms with E-state index in [1.54, 1.807) is 18.3 Å². The Labute approximate surface area is 110 Å². The molecule has 1 N–H and O–H groups in total. The number of carbonyl (C=O) groups excluding carboxylic acids is 1. The first-order valence-corrected chi connectivity index (χ1v) is 6.55. The highest BCUT2D eigenvalue weighted by Crippen LogP contribution is 2.10. The Kier molecular flexibility index (Phi) is 4.12. The Hall–Kier alpha value is -0.940. The molecule has 0 bridgehead atoms. The van der Waals surface area contributed by atoms with Crippen LogP contribution in [0.25, 0.3) is 0 Å². The second-order valence-corrected chi connectivity index (χ2v) is 5.23. The van der Waals surface area contributed by atoms with Gasteiger partial charge in [0.2, 0.25) is 0 Å². The molecule has 4 nitrogen and oxygen atoms in total. The van der Waals surface area contributed by atoms with Crippen molar-refractivity contribution >= 4 is 21.8 Å². The van der Waals surface area contributed by atoms with Crippen LogP contribution >= 0.6 is 15.9 Å². The summed E-state index contributed by atoms with van der Waals surface area (Å²) in [6.07, 6.45) is 3.63. The average molecular weight is 298 g/mol. The first kappa shape index (κ1) is 12.5. The summed E-state index contributed by atoms with van der Waals surface area (Å²) in [5, 5.41) is 3.05. The number of piperidine rings is 1. The topological polar surface area (TPSA) is 45.2 Å². The van der Waals surface area contributed by atoms with Gasteiger partial charge in [0.25, 0.3) is 5.91 Å². The highest BCUT2D eigenvalue weighted by molar-refractivity contribution is 9.10. The van der Waals surface area contributed by atoms with Crippen molar-refractivity contribution in [3.8, 4) is 0 Å². The lowest BCUT2D eigenvalue weighted by Gasteiger charge is -2.29. The monoisotopic (exact) mass is 297 g/mol. The van der Waals surface area contributed by atoms with Crippen molar-refractivity contribution in [2.24, 2.45) is 0 Å². The molecule has 0 saturated carbocycles. The second kappa shape index (κ2) is 5.60. The zero-order valence-corrected chi connectivity index (χ0v) is 11.4. The number of aromatic nitrogens is 1. The standard InChI is InChI=1S/C12H16BrN3O/c1-16-6-4-10(5-7-16)15-12(17)9-2-3-11(13)14-8-9/h2-3,8,10H,4-7H2,1H3,(H,15,17). The van der Waals surface area contributed by atoms with Crippen LogP contribution in [0.3, 0.4) is 0 Å². The number of rotatable bonds is 2. The van der Waals surface area contributed by atoms with Crippen LogP contribution in [-0.2, 0) is 0 Å². The minimum atomic E-state index is -0.0282. The third-order valence-electron chi connectivity index (χ3n) is 3.04. The van der Waals surface area contributed by atoms with Gasteiger partial charge in [0.1, 0.15) is 4.60 Å². The number of halogens is 1. The molecule has 1 aromatic rings. The fourth-order valence-corrected chi connectivity index (χ4v) is 2.17. The van der Waals surface area contributed by atoms with Gasteiger partial charge < -0.3 is 10.2 Å². The summed E-state index contributed by atoms with van der Waals surface area (Å²) >= 11 is 3.25. The van der Waals surface area contributed by atoms with Gasteiger partial charge in [-0.25, -0.2) is 4.98 Å². The zero-order chi connectivity index (χ0) is 12.3. The van der Waals surface area contributed by atoms with E-state index in [1.807, 2.05) is 0 Å². The molecule has 1 amide bonds. The number of likely N-dealkylation sites (tertiary alicyclic amines) is 1. The number of nitrogens with zero attached hydrogens (tertiary/aromatic N) is 2. The molecule has 2 heterocycles. The molecule has 92 valence electrons. The molecule has 1 fully saturated rings. The van der Waals surface area contributed by atoms with E-state index in [4.69, 9.17) is 0 Å². The summed E-state index contributed by atoms with van der Waals surface area (Å²) in [6.45, 7) is 2.09. The highest BCUT2D eigenvalue weighted by Gasteiger charge is 2.18. The van der Waals surface area contributed by atoms with Gasteiger partial charge in [-0.1, -0.05) is 0 Å². The van der Waals surface area contributed by atoms with E-state index in [-0.39, 0.29) is 5.91 Å². The third kappa shape index (κ3) is 3.51. The Balaban J connectivity index is 1.91. The van der Waals surface area contributed by atoms with Gasteiger partial charge in [-0.2, -0.15) is 0 Å². The van der Waals surface area contributed by atoms with Crippen molar-refractivity contribution in [3.05, 3.63) is 28.5 Å². The molecule has 17 heavy (non-hydrogen) atoms. The van der Waals surface area contributed by atoms with E-state index in [2.05, 4.69) is 38.2 Å². The number of amides is 1. The Bertz CT molecular complexity index is 385.